The van der Waals surface area contributed by atoms with E-state index >= 15 is 0 Å². The number of nitrogens with one attached hydrogen (secondary N) is 1. The van der Waals surface area contributed by atoms with Crippen molar-refractivity contribution in [2.45, 2.75) is 39.5 Å². The molecule has 0 aliphatic carbocycles. The van der Waals surface area contributed by atoms with Gasteiger partial charge in [0.25, 0.3) is 5.56 Å². The maximum Gasteiger partial charge on any atom is 0.330 e. The minimum Gasteiger partial charge on any atom is -0.394 e. The van der Waals surface area contributed by atoms with Gasteiger partial charge in [-0.05, 0) is 12.3 Å². The molecule has 1 aliphatic heterocycles. The lowest BCUT2D eigenvalue weighted by atomic mass is 9.85. The Morgan fingerprint density at radius 2 is 2.22 bits per heavy atom. The van der Waals surface area contributed by atoms with Crippen molar-refractivity contribution in [1.29, 1.82) is 0 Å². The zero-order valence-electron chi connectivity index (χ0n) is 10.8. The Hall–Kier alpha value is -1.40. The lowest BCUT2D eigenvalue weighted by molar-refractivity contribution is -0.0428. The van der Waals surface area contributed by atoms with E-state index in [4.69, 9.17) is 4.74 Å². The fraction of sp³-hybridized carbons (Fsp3) is 0.667. The quantitative estimate of drug-likeness (QED) is 0.787. The van der Waals surface area contributed by atoms with E-state index in [2.05, 4.69) is 4.98 Å². The third kappa shape index (κ3) is 2.13. The average molecular weight is 254 g/mol. The number of nitrogens with zero attached hydrogens (tertiary/aromatic N) is 1. The van der Waals surface area contributed by atoms with Crippen molar-refractivity contribution in [1.82, 2.24) is 9.55 Å². The molecule has 2 heterocycles. The fourth-order valence-electron chi connectivity index (χ4n) is 2.26. The van der Waals surface area contributed by atoms with Gasteiger partial charge in [0.1, 0.15) is 6.23 Å². The van der Waals surface area contributed by atoms with Crippen molar-refractivity contribution in [3.8, 4) is 0 Å². The first-order valence-electron chi connectivity index (χ1n) is 5.93. The zero-order valence-corrected chi connectivity index (χ0v) is 10.8. The second-order valence-electron chi connectivity index (χ2n) is 5.43. The topological polar surface area (TPSA) is 84.3 Å². The molecule has 1 fully saturated rings. The summed E-state index contributed by atoms with van der Waals surface area (Å²) in [5.74, 6) is 0. The van der Waals surface area contributed by atoms with Gasteiger partial charge in [-0.2, -0.15) is 0 Å². The highest BCUT2D eigenvalue weighted by Gasteiger charge is 2.42. The molecule has 1 aromatic heterocycles. The molecule has 0 aromatic carbocycles. The molecular formula is C12H18N2O4. The molecule has 100 valence electrons. The summed E-state index contributed by atoms with van der Waals surface area (Å²) in [6.45, 7) is 5.52. The maximum atomic E-state index is 11.8. The molecule has 2 rings (SSSR count). The number of aliphatic hydroxyl groups excluding tert-OH is 1. The highest BCUT2D eigenvalue weighted by molar-refractivity contribution is 5.02. The van der Waals surface area contributed by atoms with E-state index in [1.54, 1.807) is 6.92 Å². The van der Waals surface area contributed by atoms with E-state index in [0.717, 1.165) is 0 Å². The van der Waals surface area contributed by atoms with Crippen molar-refractivity contribution < 1.29 is 9.84 Å². The van der Waals surface area contributed by atoms with Gasteiger partial charge in [0.05, 0.1) is 12.7 Å². The van der Waals surface area contributed by atoms with Crippen LogP contribution < -0.4 is 11.2 Å². The van der Waals surface area contributed by atoms with E-state index < -0.39 is 11.9 Å². The SMILES string of the molecule is Cc1cn([C@H]2CC(C)(C)[C@@H](CO)O2)c(=O)[nH]c1=O. The van der Waals surface area contributed by atoms with Gasteiger partial charge in [-0.3, -0.25) is 14.3 Å². The number of aromatic amines is 1. The molecule has 18 heavy (non-hydrogen) atoms. The monoisotopic (exact) mass is 254 g/mol. The van der Waals surface area contributed by atoms with Crippen LogP contribution >= 0.6 is 0 Å². The molecule has 1 aromatic rings. The highest BCUT2D eigenvalue weighted by atomic mass is 16.5. The average Bonchev–Trinajstić information content (AvgIpc) is 2.58. The summed E-state index contributed by atoms with van der Waals surface area (Å²) in [7, 11) is 0. The Morgan fingerprint density at radius 3 is 2.78 bits per heavy atom. The molecule has 0 amide bonds. The summed E-state index contributed by atoms with van der Waals surface area (Å²) >= 11 is 0. The molecule has 0 saturated carbocycles. The Kier molecular flexibility index (Phi) is 3.16. The number of aromatic nitrogens is 2. The number of aryl methyl sites for hydroxylation is 1. The zero-order chi connectivity index (χ0) is 13.5. The normalized spacial score (nSPS) is 26.4. The predicted octanol–water partition coefficient (Wildman–Crippen LogP) is 0.151. The molecule has 2 atom stereocenters. The number of hydrogen-bond acceptors (Lipinski definition) is 4. The standard InChI is InChI=1S/C12H18N2O4/c1-7-5-14(11(17)13-10(7)16)9-4-12(2,3)8(6-15)18-9/h5,8-9,15H,4,6H2,1-3H3,(H,13,16,17)/t8-,9-/m1/s1. The van der Waals surface area contributed by atoms with Crippen LogP contribution in [0.15, 0.2) is 15.8 Å². The van der Waals surface area contributed by atoms with Crippen LogP contribution in [0.4, 0.5) is 0 Å². The fourth-order valence-corrected chi connectivity index (χ4v) is 2.26. The predicted molar refractivity (Wildman–Crippen MR) is 65.5 cm³/mol. The molecule has 0 radical (unpaired) electrons. The minimum absolute atomic E-state index is 0.0828. The van der Waals surface area contributed by atoms with E-state index in [1.807, 2.05) is 13.8 Å². The summed E-state index contributed by atoms with van der Waals surface area (Å²) in [5, 5.41) is 9.26. The van der Waals surface area contributed by atoms with Crippen molar-refractivity contribution in [2.75, 3.05) is 6.61 Å². The molecule has 0 spiro atoms. The Balaban J connectivity index is 2.38. The highest BCUT2D eigenvalue weighted by Crippen LogP contribution is 2.41. The third-order valence-electron chi connectivity index (χ3n) is 3.52. The van der Waals surface area contributed by atoms with Crippen molar-refractivity contribution >= 4 is 0 Å². The first kappa shape index (κ1) is 13.0. The van der Waals surface area contributed by atoms with Crippen LogP contribution in [0.1, 0.15) is 32.1 Å². The molecule has 0 unspecified atom stereocenters. The van der Waals surface area contributed by atoms with Crippen LogP contribution in [-0.4, -0.2) is 27.4 Å². The van der Waals surface area contributed by atoms with Crippen LogP contribution in [-0.2, 0) is 4.74 Å². The third-order valence-corrected chi connectivity index (χ3v) is 3.52. The second-order valence-corrected chi connectivity index (χ2v) is 5.43. The summed E-state index contributed by atoms with van der Waals surface area (Å²) in [6, 6.07) is 0. The Labute approximate surface area is 104 Å². The molecule has 0 bridgehead atoms. The van der Waals surface area contributed by atoms with Crippen LogP contribution in [0, 0.1) is 12.3 Å². The maximum absolute atomic E-state index is 11.8. The summed E-state index contributed by atoms with van der Waals surface area (Å²) in [5.41, 5.74) is -0.608. The van der Waals surface area contributed by atoms with Gasteiger partial charge in [0, 0.05) is 18.2 Å². The Bertz CT molecular complexity index is 558. The molecule has 1 aliphatic rings. The number of hydrogen-bond donors (Lipinski definition) is 2. The smallest absolute Gasteiger partial charge is 0.330 e. The van der Waals surface area contributed by atoms with Crippen molar-refractivity contribution in [2.24, 2.45) is 5.41 Å². The van der Waals surface area contributed by atoms with Crippen LogP contribution in [0.2, 0.25) is 0 Å². The van der Waals surface area contributed by atoms with Gasteiger partial charge in [0.2, 0.25) is 0 Å². The van der Waals surface area contributed by atoms with Crippen LogP contribution in [0.5, 0.6) is 0 Å². The Morgan fingerprint density at radius 1 is 1.56 bits per heavy atom. The minimum atomic E-state index is -0.481. The van der Waals surface area contributed by atoms with E-state index in [0.29, 0.717) is 12.0 Å². The molecular weight excluding hydrogens is 236 g/mol. The first-order chi connectivity index (χ1) is 8.35. The van der Waals surface area contributed by atoms with E-state index in [1.165, 1.54) is 10.8 Å². The summed E-state index contributed by atoms with van der Waals surface area (Å²) in [6.07, 6.45) is 1.37. The van der Waals surface area contributed by atoms with E-state index in [9.17, 15) is 14.7 Å². The van der Waals surface area contributed by atoms with Gasteiger partial charge in [-0.1, -0.05) is 13.8 Å². The summed E-state index contributed by atoms with van der Waals surface area (Å²) < 4.78 is 7.06. The molecule has 2 N–H and O–H groups in total. The molecule has 6 nitrogen and oxygen atoms in total. The van der Waals surface area contributed by atoms with Gasteiger partial charge >= 0.3 is 5.69 Å². The van der Waals surface area contributed by atoms with Gasteiger partial charge in [-0.25, -0.2) is 4.79 Å². The van der Waals surface area contributed by atoms with Crippen LogP contribution in [0.25, 0.3) is 0 Å². The van der Waals surface area contributed by atoms with Crippen molar-refractivity contribution in [3.63, 3.8) is 0 Å². The molecule has 1 saturated heterocycles. The second kappa shape index (κ2) is 4.37. The van der Waals surface area contributed by atoms with Gasteiger partial charge in [0.15, 0.2) is 0 Å². The lowest BCUT2D eigenvalue weighted by Gasteiger charge is -2.22. The summed E-state index contributed by atoms with van der Waals surface area (Å²) in [4.78, 5) is 25.3. The van der Waals surface area contributed by atoms with Gasteiger partial charge in [-0.15, -0.1) is 0 Å². The van der Waals surface area contributed by atoms with Gasteiger partial charge < -0.3 is 9.84 Å². The first-order valence-corrected chi connectivity index (χ1v) is 5.93. The number of aliphatic hydroxyl groups is 1. The van der Waals surface area contributed by atoms with E-state index in [-0.39, 0.29) is 23.7 Å². The van der Waals surface area contributed by atoms with Crippen LogP contribution in [0.3, 0.4) is 0 Å². The number of H-pyrrole nitrogens is 1. The lowest BCUT2D eigenvalue weighted by Crippen LogP contribution is -2.33. The number of rotatable bonds is 2. The molecule has 6 heteroatoms. The number of ether oxygens (including phenoxy) is 1. The largest absolute Gasteiger partial charge is 0.394 e. The van der Waals surface area contributed by atoms with Crippen molar-refractivity contribution in [3.05, 3.63) is 32.6 Å².